The van der Waals surface area contributed by atoms with Gasteiger partial charge in [0.15, 0.2) is 6.61 Å². The molecule has 0 saturated heterocycles. The topological polar surface area (TPSA) is 67.4 Å². The largest absolute Gasteiger partial charge is 0.483 e. The number of carbonyl (C=O) groups is 2. The van der Waals surface area contributed by atoms with Gasteiger partial charge in [0.1, 0.15) is 5.75 Å². The number of benzene rings is 2. The minimum absolute atomic E-state index is 0.228. The van der Waals surface area contributed by atoms with Crippen LogP contribution in [0.2, 0.25) is 0 Å². The third-order valence-electron chi connectivity index (χ3n) is 3.04. The summed E-state index contributed by atoms with van der Waals surface area (Å²) in [5.74, 6) is -1.25. The highest BCUT2D eigenvalue weighted by Gasteiger charge is 2.34. The maximum absolute atomic E-state index is 12.8. The average molecular weight is 352 g/mol. The maximum Gasteiger partial charge on any atom is 0.419 e. The van der Waals surface area contributed by atoms with Crippen LogP contribution in [-0.4, -0.2) is 18.4 Å². The molecule has 8 heteroatoms. The van der Waals surface area contributed by atoms with E-state index in [1.54, 1.807) is 24.3 Å². The number of para-hydroxylation sites is 1. The van der Waals surface area contributed by atoms with E-state index < -0.39 is 30.0 Å². The molecular weight excluding hydrogens is 337 g/mol. The van der Waals surface area contributed by atoms with E-state index in [1.165, 1.54) is 19.1 Å². The van der Waals surface area contributed by atoms with Gasteiger partial charge in [0.2, 0.25) is 5.91 Å². The molecule has 2 aromatic carbocycles. The summed E-state index contributed by atoms with van der Waals surface area (Å²) in [7, 11) is 0. The molecule has 0 atom stereocenters. The number of halogens is 3. The zero-order chi connectivity index (χ0) is 18.4. The fourth-order valence-electron chi connectivity index (χ4n) is 2.01. The van der Waals surface area contributed by atoms with Crippen LogP contribution < -0.4 is 15.4 Å². The van der Waals surface area contributed by atoms with Gasteiger partial charge in [0, 0.05) is 18.3 Å². The Hall–Kier alpha value is -3.03. The number of amides is 2. The first-order valence-corrected chi connectivity index (χ1v) is 7.22. The van der Waals surface area contributed by atoms with Crippen molar-refractivity contribution in [2.24, 2.45) is 0 Å². The predicted octanol–water partition coefficient (Wildman–Crippen LogP) is 3.68. The second kappa shape index (κ2) is 7.69. The Bertz CT molecular complexity index is 758. The van der Waals surface area contributed by atoms with Crippen LogP contribution in [-0.2, 0) is 15.8 Å². The maximum atomic E-state index is 12.8. The first kappa shape index (κ1) is 18.3. The summed E-state index contributed by atoms with van der Waals surface area (Å²) in [6.07, 6.45) is -4.56. The Morgan fingerprint density at radius 2 is 1.52 bits per heavy atom. The van der Waals surface area contributed by atoms with Crippen molar-refractivity contribution in [3.63, 3.8) is 0 Å². The molecule has 0 aliphatic heterocycles. The molecule has 2 rings (SSSR count). The fourth-order valence-corrected chi connectivity index (χ4v) is 2.01. The molecule has 0 fully saturated rings. The number of nitrogens with one attached hydrogen (secondary N) is 2. The normalized spacial score (nSPS) is 10.9. The van der Waals surface area contributed by atoms with Gasteiger partial charge in [-0.25, -0.2) is 0 Å². The lowest BCUT2D eigenvalue weighted by Gasteiger charge is -2.13. The van der Waals surface area contributed by atoms with Crippen LogP contribution in [0.25, 0.3) is 0 Å². The highest BCUT2D eigenvalue weighted by Crippen LogP contribution is 2.35. The third-order valence-corrected chi connectivity index (χ3v) is 3.04. The third kappa shape index (κ3) is 5.52. The van der Waals surface area contributed by atoms with E-state index in [2.05, 4.69) is 10.6 Å². The molecule has 0 heterocycles. The van der Waals surface area contributed by atoms with Crippen LogP contribution in [0, 0.1) is 0 Å². The Morgan fingerprint density at radius 1 is 0.960 bits per heavy atom. The van der Waals surface area contributed by atoms with E-state index in [0.717, 1.165) is 12.1 Å². The summed E-state index contributed by atoms with van der Waals surface area (Å²) < 4.78 is 43.5. The number of carbonyl (C=O) groups excluding carboxylic acids is 2. The summed E-state index contributed by atoms with van der Waals surface area (Å²) in [6, 6.07) is 10.9. The van der Waals surface area contributed by atoms with Gasteiger partial charge in [-0.1, -0.05) is 12.1 Å². The first-order chi connectivity index (χ1) is 11.8. The molecular formula is C17H15F3N2O3. The number of hydrogen-bond acceptors (Lipinski definition) is 3. The van der Waals surface area contributed by atoms with Crippen molar-refractivity contribution >= 4 is 23.2 Å². The van der Waals surface area contributed by atoms with Crippen molar-refractivity contribution in [3.05, 3.63) is 54.1 Å². The Balaban J connectivity index is 1.94. The van der Waals surface area contributed by atoms with Crippen LogP contribution in [0.3, 0.4) is 0 Å². The first-order valence-electron chi connectivity index (χ1n) is 7.22. The minimum atomic E-state index is -4.56. The van der Waals surface area contributed by atoms with Gasteiger partial charge in [-0.15, -0.1) is 0 Å². The quantitative estimate of drug-likeness (QED) is 0.863. The SMILES string of the molecule is CC(=O)Nc1ccc(NC(=O)COc2ccccc2C(F)(F)F)cc1. The highest BCUT2D eigenvalue weighted by molar-refractivity contribution is 5.93. The van der Waals surface area contributed by atoms with Crippen LogP contribution >= 0.6 is 0 Å². The molecule has 5 nitrogen and oxygen atoms in total. The van der Waals surface area contributed by atoms with Gasteiger partial charge in [-0.3, -0.25) is 9.59 Å². The molecule has 132 valence electrons. The van der Waals surface area contributed by atoms with Gasteiger partial charge >= 0.3 is 6.18 Å². The van der Waals surface area contributed by atoms with Crippen molar-refractivity contribution in [2.75, 3.05) is 17.2 Å². The van der Waals surface area contributed by atoms with E-state index in [9.17, 15) is 22.8 Å². The second-order valence-electron chi connectivity index (χ2n) is 5.09. The molecule has 25 heavy (non-hydrogen) atoms. The number of anilines is 2. The lowest BCUT2D eigenvalue weighted by molar-refractivity contribution is -0.139. The van der Waals surface area contributed by atoms with E-state index in [4.69, 9.17) is 4.74 Å². The second-order valence-corrected chi connectivity index (χ2v) is 5.09. The van der Waals surface area contributed by atoms with Crippen molar-refractivity contribution in [2.45, 2.75) is 13.1 Å². The van der Waals surface area contributed by atoms with Crippen LogP contribution in [0.4, 0.5) is 24.5 Å². The number of ether oxygens (including phenoxy) is 1. The monoisotopic (exact) mass is 352 g/mol. The predicted molar refractivity (Wildman–Crippen MR) is 86.3 cm³/mol. The number of rotatable bonds is 5. The van der Waals surface area contributed by atoms with E-state index in [1.807, 2.05) is 0 Å². The van der Waals surface area contributed by atoms with E-state index in [0.29, 0.717) is 11.4 Å². The zero-order valence-corrected chi connectivity index (χ0v) is 13.2. The van der Waals surface area contributed by atoms with Gasteiger partial charge in [-0.2, -0.15) is 13.2 Å². The van der Waals surface area contributed by atoms with Crippen molar-refractivity contribution in [1.82, 2.24) is 0 Å². The summed E-state index contributed by atoms with van der Waals surface area (Å²) in [5.41, 5.74) is 0.0372. The molecule has 0 saturated carbocycles. The van der Waals surface area contributed by atoms with Gasteiger partial charge in [0.05, 0.1) is 5.56 Å². The highest BCUT2D eigenvalue weighted by atomic mass is 19.4. The molecule has 0 spiro atoms. The summed E-state index contributed by atoms with van der Waals surface area (Å²) in [4.78, 5) is 22.7. The Morgan fingerprint density at radius 3 is 2.08 bits per heavy atom. The van der Waals surface area contributed by atoms with Crippen LogP contribution in [0.5, 0.6) is 5.75 Å². The van der Waals surface area contributed by atoms with Crippen LogP contribution in [0.15, 0.2) is 48.5 Å². The lowest BCUT2D eigenvalue weighted by atomic mass is 10.2. The molecule has 0 bridgehead atoms. The molecule has 0 unspecified atom stereocenters. The van der Waals surface area contributed by atoms with E-state index >= 15 is 0 Å². The molecule has 2 aromatic rings. The zero-order valence-electron chi connectivity index (χ0n) is 13.2. The van der Waals surface area contributed by atoms with Crippen LogP contribution in [0.1, 0.15) is 12.5 Å². The molecule has 0 aliphatic carbocycles. The molecule has 2 N–H and O–H groups in total. The lowest BCUT2D eigenvalue weighted by Crippen LogP contribution is -2.21. The summed E-state index contributed by atoms with van der Waals surface area (Å²) in [5, 5.41) is 5.06. The van der Waals surface area contributed by atoms with E-state index in [-0.39, 0.29) is 5.91 Å². The van der Waals surface area contributed by atoms with Crippen molar-refractivity contribution < 1.29 is 27.5 Å². The molecule has 0 radical (unpaired) electrons. The smallest absolute Gasteiger partial charge is 0.419 e. The molecule has 2 amide bonds. The Labute approximate surface area is 141 Å². The Kier molecular flexibility index (Phi) is 5.63. The van der Waals surface area contributed by atoms with Gasteiger partial charge in [-0.05, 0) is 36.4 Å². The summed E-state index contributed by atoms with van der Waals surface area (Å²) >= 11 is 0. The van der Waals surface area contributed by atoms with Crippen molar-refractivity contribution in [1.29, 1.82) is 0 Å². The molecule has 0 aliphatic rings. The average Bonchev–Trinajstić information content (AvgIpc) is 2.54. The number of hydrogen-bond donors (Lipinski definition) is 2. The minimum Gasteiger partial charge on any atom is -0.483 e. The summed E-state index contributed by atoms with van der Waals surface area (Å²) in [6.45, 7) is 0.798. The van der Waals surface area contributed by atoms with Crippen molar-refractivity contribution in [3.8, 4) is 5.75 Å². The van der Waals surface area contributed by atoms with Gasteiger partial charge in [0.25, 0.3) is 5.91 Å². The van der Waals surface area contributed by atoms with Gasteiger partial charge < -0.3 is 15.4 Å². The molecule has 0 aromatic heterocycles. The number of alkyl halides is 3. The fraction of sp³-hybridized carbons (Fsp3) is 0.176. The standard InChI is InChI=1S/C17H15F3N2O3/c1-11(23)21-12-6-8-13(9-7-12)22-16(24)10-25-15-5-3-2-4-14(15)17(18,19)20/h2-9H,10H2,1H3,(H,21,23)(H,22,24).